The first-order valence-electron chi connectivity index (χ1n) is 6.63. The molecule has 1 heterocycles. The van der Waals surface area contributed by atoms with Crippen LogP contribution in [-0.4, -0.2) is 32.9 Å². The molecule has 5 heteroatoms. The fourth-order valence-electron chi connectivity index (χ4n) is 2.56. The smallest absolute Gasteiger partial charge is 0.222 e. The largest absolute Gasteiger partial charge is 0.394 e. The summed E-state index contributed by atoms with van der Waals surface area (Å²) in [6, 6.07) is 1.84. The SMILES string of the molecule is O=C(CCn1cccn1)NC1(CO)CCCCC1. The number of aryl methyl sites for hydroxylation is 1. The molecule has 0 atom stereocenters. The fourth-order valence-corrected chi connectivity index (χ4v) is 2.56. The predicted molar refractivity (Wildman–Crippen MR) is 67.9 cm³/mol. The van der Waals surface area contributed by atoms with E-state index in [0.717, 1.165) is 25.7 Å². The van der Waals surface area contributed by atoms with E-state index in [2.05, 4.69) is 10.4 Å². The average Bonchev–Trinajstić information content (AvgIpc) is 2.91. The van der Waals surface area contributed by atoms with E-state index in [9.17, 15) is 9.90 Å². The number of aromatic nitrogens is 2. The van der Waals surface area contributed by atoms with E-state index in [4.69, 9.17) is 0 Å². The van der Waals surface area contributed by atoms with Crippen molar-refractivity contribution in [2.24, 2.45) is 0 Å². The number of rotatable bonds is 5. The molecule has 1 aliphatic carbocycles. The zero-order valence-corrected chi connectivity index (χ0v) is 10.6. The molecule has 0 radical (unpaired) electrons. The van der Waals surface area contributed by atoms with E-state index in [0.29, 0.717) is 13.0 Å². The van der Waals surface area contributed by atoms with Crippen LogP contribution in [0.3, 0.4) is 0 Å². The molecule has 0 bridgehead atoms. The Bertz CT molecular complexity index is 370. The lowest BCUT2D eigenvalue weighted by Crippen LogP contribution is -2.52. The summed E-state index contributed by atoms with van der Waals surface area (Å²) in [5, 5.41) is 16.6. The number of nitrogens with one attached hydrogen (secondary N) is 1. The second kappa shape index (κ2) is 6.00. The molecule has 0 aliphatic heterocycles. The fraction of sp³-hybridized carbons (Fsp3) is 0.692. The van der Waals surface area contributed by atoms with E-state index < -0.39 is 0 Å². The Kier molecular flexibility index (Phi) is 4.36. The van der Waals surface area contributed by atoms with Crippen molar-refractivity contribution < 1.29 is 9.90 Å². The number of nitrogens with zero attached hydrogens (tertiary/aromatic N) is 2. The van der Waals surface area contributed by atoms with Gasteiger partial charge in [-0.05, 0) is 18.9 Å². The van der Waals surface area contributed by atoms with Gasteiger partial charge < -0.3 is 10.4 Å². The van der Waals surface area contributed by atoms with Crippen molar-refractivity contribution in [2.45, 2.75) is 50.6 Å². The van der Waals surface area contributed by atoms with Crippen LogP contribution in [0.15, 0.2) is 18.5 Å². The minimum atomic E-state index is -0.376. The summed E-state index contributed by atoms with van der Waals surface area (Å²) in [7, 11) is 0. The van der Waals surface area contributed by atoms with Crippen LogP contribution < -0.4 is 5.32 Å². The Balaban J connectivity index is 1.81. The van der Waals surface area contributed by atoms with E-state index in [1.807, 2.05) is 12.3 Å². The van der Waals surface area contributed by atoms with Crippen molar-refractivity contribution in [1.82, 2.24) is 15.1 Å². The average molecular weight is 251 g/mol. The van der Waals surface area contributed by atoms with Gasteiger partial charge in [0.15, 0.2) is 0 Å². The van der Waals surface area contributed by atoms with Crippen molar-refractivity contribution in [1.29, 1.82) is 0 Å². The second-order valence-electron chi connectivity index (χ2n) is 5.07. The lowest BCUT2D eigenvalue weighted by molar-refractivity contribution is -0.124. The molecule has 1 fully saturated rings. The molecule has 2 N–H and O–H groups in total. The Hall–Kier alpha value is -1.36. The zero-order valence-electron chi connectivity index (χ0n) is 10.6. The maximum Gasteiger partial charge on any atom is 0.222 e. The Morgan fingerprint density at radius 1 is 1.39 bits per heavy atom. The van der Waals surface area contributed by atoms with Gasteiger partial charge in [0, 0.05) is 25.4 Å². The highest BCUT2D eigenvalue weighted by Crippen LogP contribution is 2.27. The summed E-state index contributed by atoms with van der Waals surface area (Å²) in [6.07, 6.45) is 9.09. The maximum absolute atomic E-state index is 11.9. The number of aliphatic hydroxyl groups is 1. The van der Waals surface area contributed by atoms with Crippen LogP contribution in [0.2, 0.25) is 0 Å². The van der Waals surface area contributed by atoms with Crippen LogP contribution in [0.25, 0.3) is 0 Å². The third-order valence-electron chi connectivity index (χ3n) is 3.65. The number of hydrogen-bond donors (Lipinski definition) is 2. The van der Waals surface area contributed by atoms with Gasteiger partial charge in [-0.15, -0.1) is 0 Å². The predicted octanol–water partition coefficient (Wildman–Crippen LogP) is 1.08. The van der Waals surface area contributed by atoms with Gasteiger partial charge in [0.1, 0.15) is 0 Å². The molecule has 1 aliphatic rings. The molecular weight excluding hydrogens is 230 g/mol. The standard InChI is InChI=1S/C13H21N3O2/c17-11-13(6-2-1-3-7-13)15-12(18)5-10-16-9-4-8-14-16/h4,8-9,17H,1-3,5-7,10-11H2,(H,15,18). The summed E-state index contributed by atoms with van der Waals surface area (Å²) >= 11 is 0. The molecule has 0 aromatic carbocycles. The summed E-state index contributed by atoms with van der Waals surface area (Å²) in [6.45, 7) is 0.626. The Labute approximate surface area is 107 Å². The minimum absolute atomic E-state index is 0.00134. The second-order valence-corrected chi connectivity index (χ2v) is 5.07. The highest BCUT2D eigenvalue weighted by atomic mass is 16.3. The maximum atomic E-state index is 11.9. The molecule has 0 unspecified atom stereocenters. The van der Waals surface area contributed by atoms with Gasteiger partial charge in [0.25, 0.3) is 0 Å². The third kappa shape index (κ3) is 3.32. The molecule has 100 valence electrons. The van der Waals surface area contributed by atoms with Crippen molar-refractivity contribution >= 4 is 5.91 Å². The van der Waals surface area contributed by atoms with Gasteiger partial charge in [-0.2, -0.15) is 5.10 Å². The lowest BCUT2D eigenvalue weighted by atomic mass is 9.82. The van der Waals surface area contributed by atoms with Gasteiger partial charge in [-0.3, -0.25) is 9.48 Å². The molecule has 2 rings (SSSR count). The van der Waals surface area contributed by atoms with Crippen LogP contribution in [0, 0.1) is 0 Å². The quantitative estimate of drug-likeness (QED) is 0.823. The van der Waals surface area contributed by atoms with Gasteiger partial charge >= 0.3 is 0 Å². The van der Waals surface area contributed by atoms with Gasteiger partial charge in [-0.1, -0.05) is 19.3 Å². The van der Waals surface area contributed by atoms with Crippen LogP contribution in [-0.2, 0) is 11.3 Å². The van der Waals surface area contributed by atoms with Gasteiger partial charge in [0.2, 0.25) is 5.91 Å². The molecule has 1 amide bonds. The molecular formula is C13H21N3O2. The number of carbonyl (C=O) groups excluding carboxylic acids is 1. The van der Waals surface area contributed by atoms with Crippen LogP contribution in [0.1, 0.15) is 38.5 Å². The van der Waals surface area contributed by atoms with Crippen molar-refractivity contribution in [3.8, 4) is 0 Å². The molecule has 0 saturated heterocycles. The summed E-state index contributed by atoms with van der Waals surface area (Å²) < 4.78 is 1.74. The van der Waals surface area contributed by atoms with Gasteiger partial charge in [-0.25, -0.2) is 0 Å². The molecule has 1 aromatic rings. The first-order valence-corrected chi connectivity index (χ1v) is 6.63. The summed E-state index contributed by atoms with van der Waals surface area (Å²) in [5.74, 6) is 0.00134. The van der Waals surface area contributed by atoms with E-state index >= 15 is 0 Å². The Morgan fingerprint density at radius 2 is 2.17 bits per heavy atom. The first kappa shape index (κ1) is 13.1. The summed E-state index contributed by atoms with van der Waals surface area (Å²) in [5.41, 5.74) is -0.376. The molecule has 1 aromatic heterocycles. The highest BCUT2D eigenvalue weighted by molar-refractivity contribution is 5.76. The summed E-state index contributed by atoms with van der Waals surface area (Å²) in [4.78, 5) is 11.9. The van der Waals surface area contributed by atoms with Gasteiger partial charge in [0.05, 0.1) is 12.1 Å². The highest BCUT2D eigenvalue weighted by Gasteiger charge is 2.32. The third-order valence-corrected chi connectivity index (χ3v) is 3.65. The zero-order chi connectivity index (χ0) is 12.8. The monoisotopic (exact) mass is 251 g/mol. The van der Waals surface area contributed by atoms with Crippen LogP contribution in [0.5, 0.6) is 0 Å². The van der Waals surface area contributed by atoms with Crippen molar-refractivity contribution in [3.63, 3.8) is 0 Å². The minimum Gasteiger partial charge on any atom is -0.394 e. The number of aliphatic hydroxyl groups excluding tert-OH is 1. The molecule has 0 spiro atoms. The topological polar surface area (TPSA) is 67.2 Å². The lowest BCUT2D eigenvalue weighted by Gasteiger charge is -2.36. The molecule has 1 saturated carbocycles. The van der Waals surface area contributed by atoms with Crippen LogP contribution >= 0.6 is 0 Å². The Morgan fingerprint density at radius 3 is 2.78 bits per heavy atom. The van der Waals surface area contributed by atoms with E-state index in [1.54, 1.807) is 10.9 Å². The first-order chi connectivity index (χ1) is 8.74. The number of hydrogen-bond acceptors (Lipinski definition) is 3. The normalized spacial score (nSPS) is 18.5. The van der Waals surface area contributed by atoms with Crippen molar-refractivity contribution in [3.05, 3.63) is 18.5 Å². The number of carbonyl (C=O) groups is 1. The number of amides is 1. The molecule has 18 heavy (non-hydrogen) atoms. The van der Waals surface area contributed by atoms with E-state index in [1.165, 1.54) is 6.42 Å². The van der Waals surface area contributed by atoms with Crippen molar-refractivity contribution in [2.75, 3.05) is 6.61 Å². The van der Waals surface area contributed by atoms with Crippen LogP contribution in [0.4, 0.5) is 0 Å². The molecule has 5 nitrogen and oxygen atoms in total. The van der Waals surface area contributed by atoms with E-state index in [-0.39, 0.29) is 18.1 Å².